The first kappa shape index (κ1) is 14.5. The molecular weight excluding hydrogens is 248 g/mol. The molecule has 0 radical (unpaired) electrons. The molecule has 0 saturated heterocycles. The molecule has 0 aliphatic heterocycles. The second kappa shape index (κ2) is 7.01. The molecule has 20 heavy (non-hydrogen) atoms. The number of rotatable bonds is 6. The summed E-state index contributed by atoms with van der Waals surface area (Å²) in [6.07, 6.45) is 5.52. The van der Waals surface area contributed by atoms with E-state index < -0.39 is 0 Å². The minimum atomic E-state index is 0.150. The highest BCUT2D eigenvalue weighted by molar-refractivity contribution is 5.43. The number of aryl methyl sites for hydroxylation is 1. The van der Waals surface area contributed by atoms with Gasteiger partial charge in [0.2, 0.25) is 0 Å². The number of nitrogens with zero attached hydrogens (tertiary/aromatic N) is 2. The lowest BCUT2D eigenvalue weighted by molar-refractivity contribution is 0.524. The van der Waals surface area contributed by atoms with Crippen LogP contribution in [0.5, 0.6) is 0 Å². The third-order valence-electron chi connectivity index (χ3n) is 3.24. The summed E-state index contributed by atoms with van der Waals surface area (Å²) in [6.45, 7) is 5.14. The summed E-state index contributed by atoms with van der Waals surface area (Å²) < 4.78 is 0. The Morgan fingerprint density at radius 3 is 2.85 bits per heavy atom. The van der Waals surface area contributed by atoms with Gasteiger partial charge in [-0.1, -0.05) is 13.0 Å². The van der Waals surface area contributed by atoms with Crippen LogP contribution in [0.25, 0.3) is 0 Å². The average molecular weight is 270 g/mol. The number of hydrogen-bond acceptors (Lipinski definition) is 4. The fourth-order valence-corrected chi connectivity index (χ4v) is 2.22. The number of anilines is 1. The van der Waals surface area contributed by atoms with Gasteiger partial charge in [0.15, 0.2) is 0 Å². The first-order valence-electron chi connectivity index (χ1n) is 7.06. The van der Waals surface area contributed by atoms with Crippen molar-refractivity contribution in [3.8, 4) is 0 Å². The Morgan fingerprint density at radius 1 is 1.30 bits per heavy atom. The van der Waals surface area contributed by atoms with Crippen molar-refractivity contribution in [2.75, 3.05) is 12.3 Å². The van der Waals surface area contributed by atoms with Crippen LogP contribution in [0.4, 0.5) is 5.82 Å². The SMILES string of the molecule is CCCNC(Cc1ccccn1)c1cc(C)cnc1N. The van der Waals surface area contributed by atoms with Crippen LogP contribution in [-0.2, 0) is 6.42 Å². The molecule has 1 atom stereocenters. The molecule has 2 aromatic heterocycles. The number of pyridine rings is 2. The van der Waals surface area contributed by atoms with Crippen molar-refractivity contribution < 1.29 is 0 Å². The predicted octanol–water partition coefficient (Wildman–Crippen LogP) is 2.65. The highest BCUT2D eigenvalue weighted by Gasteiger charge is 2.16. The maximum Gasteiger partial charge on any atom is 0.128 e. The Bertz CT molecular complexity index is 539. The maximum absolute atomic E-state index is 6.04. The van der Waals surface area contributed by atoms with Gasteiger partial charge in [0.05, 0.1) is 0 Å². The molecule has 0 fully saturated rings. The van der Waals surface area contributed by atoms with Crippen LogP contribution in [0.2, 0.25) is 0 Å². The van der Waals surface area contributed by atoms with E-state index in [0.29, 0.717) is 5.82 Å². The minimum absolute atomic E-state index is 0.150. The number of aromatic nitrogens is 2. The van der Waals surface area contributed by atoms with Crippen LogP contribution < -0.4 is 11.1 Å². The lowest BCUT2D eigenvalue weighted by Crippen LogP contribution is -2.25. The van der Waals surface area contributed by atoms with E-state index in [1.807, 2.05) is 31.3 Å². The fourth-order valence-electron chi connectivity index (χ4n) is 2.22. The molecule has 2 heterocycles. The lowest BCUT2D eigenvalue weighted by Gasteiger charge is -2.20. The summed E-state index contributed by atoms with van der Waals surface area (Å²) in [4.78, 5) is 8.67. The number of nitrogens with two attached hydrogens (primary N) is 1. The third kappa shape index (κ3) is 3.78. The molecule has 106 valence electrons. The number of nitrogens with one attached hydrogen (secondary N) is 1. The zero-order chi connectivity index (χ0) is 14.4. The van der Waals surface area contributed by atoms with Gasteiger partial charge >= 0.3 is 0 Å². The molecule has 0 spiro atoms. The van der Waals surface area contributed by atoms with E-state index in [2.05, 4.69) is 28.3 Å². The van der Waals surface area contributed by atoms with E-state index in [1.54, 1.807) is 6.20 Å². The van der Waals surface area contributed by atoms with Gasteiger partial charge in [0.1, 0.15) is 5.82 Å². The first-order valence-corrected chi connectivity index (χ1v) is 7.06. The molecule has 0 aromatic carbocycles. The predicted molar refractivity (Wildman–Crippen MR) is 82.4 cm³/mol. The topological polar surface area (TPSA) is 63.8 Å². The summed E-state index contributed by atoms with van der Waals surface area (Å²) >= 11 is 0. The summed E-state index contributed by atoms with van der Waals surface area (Å²) in [7, 11) is 0. The Kier molecular flexibility index (Phi) is 5.07. The summed E-state index contributed by atoms with van der Waals surface area (Å²) in [5.74, 6) is 0.597. The smallest absolute Gasteiger partial charge is 0.128 e. The molecule has 2 rings (SSSR count). The normalized spacial score (nSPS) is 12.3. The summed E-state index contributed by atoms with van der Waals surface area (Å²) in [6, 6.07) is 8.24. The monoisotopic (exact) mass is 270 g/mol. The molecule has 2 aromatic rings. The van der Waals surface area contributed by atoms with Gasteiger partial charge in [-0.15, -0.1) is 0 Å². The molecule has 0 aliphatic rings. The van der Waals surface area contributed by atoms with Crippen molar-refractivity contribution in [1.29, 1.82) is 0 Å². The van der Waals surface area contributed by atoms with Gasteiger partial charge in [0.25, 0.3) is 0 Å². The third-order valence-corrected chi connectivity index (χ3v) is 3.24. The maximum atomic E-state index is 6.04. The molecule has 0 bridgehead atoms. The van der Waals surface area contributed by atoms with Gasteiger partial charge < -0.3 is 11.1 Å². The van der Waals surface area contributed by atoms with Crippen molar-refractivity contribution in [3.05, 3.63) is 53.5 Å². The Hall–Kier alpha value is -1.94. The molecule has 0 amide bonds. The van der Waals surface area contributed by atoms with E-state index >= 15 is 0 Å². The second-order valence-electron chi connectivity index (χ2n) is 5.02. The molecule has 0 saturated carbocycles. The van der Waals surface area contributed by atoms with Gasteiger partial charge in [-0.2, -0.15) is 0 Å². The summed E-state index contributed by atoms with van der Waals surface area (Å²) in [5.41, 5.74) is 9.28. The molecule has 0 aliphatic carbocycles. The highest BCUT2D eigenvalue weighted by Crippen LogP contribution is 2.23. The van der Waals surface area contributed by atoms with Crippen LogP contribution in [-0.4, -0.2) is 16.5 Å². The zero-order valence-electron chi connectivity index (χ0n) is 12.1. The number of hydrogen-bond donors (Lipinski definition) is 2. The number of nitrogen functional groups attached to an aromatic ring is 1. The zero-order valence-corrected chi connectivity index (χ0v) is 12.1. The lowest BCUT2D eigenvalue weighted by atomic mass is 10.0. The van der Waals surface area contributed by atoms with E-state index in [-0.39, 0.29) is 6.04 Å². The van der Waals surface area contributed by atoms with E-state index in [9.17, 15) is 0 Å². The standard InChI is InChI=1S/C16H22N4/c1-3-7-19-15(10-13-6-4-5-8-18-13)14-9-12(2)11-20-16(14)17/h4-6,8-9,11,15,19H,3,7,10H2,1-2H3,(H2,17,20). The van der Waals surface area contributed by atoms with E-state index in [0.717, 1.165) is 36.2 Å². The van der Waals surface area contributed by atoms with Crippen LogP contribution in [0.15, 0.2) is 36.7 Å². The highest BCUT2D eigenvalue weighted by atomic mass is 14.9. The van der Waals surface area contributed by atoms with Gasteiger partial charge in [0, 0.05) is 36.1 Å². The van der Waals surface area contributed by atoms with Crippen molar-refractivity contribution in [2.24, 2.45) is 0 Å². The van der Waals surface area contributed by atoms with Crippen LogP contribution in [0, 0.1) is 6.92 Å². The Balaban J connectivity index is 2.24. The molecule has 1 unspecified atom stereocenters. The Labute approximate surface area is 120 Å². The Morgan fingerprint density at radius 2 is 2.15 bits per heavy atom. The molecular formula is C16H22N4. The van der Waals surface area contributed by atoms with Crippen LogP contribution in [0.1, 0.15) is 36.2 Å². The largest absolute Gasteiger partial charge is 0.383 e. The second-order valence-corrected chi connectivity index (χ2v) is 5.02. The average Bonchev–Trinajstić information content (AvgIpc) is 2.47. The molecule has 3 N–H and O–H groups in total. The fraction of sp³-hybridized carbons (Fsp3) is 0.375. The van der Waals surface area contributed by atoms with Gasteiger partial charge in [-0.05, 0) is 43.7 Å². The molecule has 4 heteroatoms. The molecule has 4 nitrogen and oxygen atoms in total. The van der Waals surface area contributed by atoms with E-state index in [1.165, 1.54) is 0 Å². The summed E-state index contributed by atoms with van der Waals surface area (Å²) in [5, 5.41) is 3.54. The first-order chi connectivity index (χ1) is 9.70. The van der Waals surface area contributed by atoms with Gasteiger partial charge in [-0.25, -0.2) is 4.98 Å². The van der Waals surface area contributed by atoms with E-state index in [4.69, 9.17) is 5.73 Å². The van der Waals surface area contributed by atoms with Gasteiger partial charge in [-0.3, -0.25) is 4.98 Å². The van der Waals surface area contributed by atoms with Crippen molar-refractivity contribution >= 4 is 5.82 Å². The quantitative estimate of drug-likeness (QED) is 0.847. The van der Waals surface area contributed by atoms with Crippen LogP contribution in [0.3, 0.4) is 0 Å². The minimum Gasteiger partial charge on any atom is -0.383 e. The van der Waals surface area contributed by atoms with Crippen molar-refractivity contribution in [2.45, 2.75) is 32.7 Å². The van der Waals surface area contributed by atoms with Crippen LogP contribution >= 0.6 is 0 Å². The van der Waals surface area contributed by atoms with Crippen molar-refractivity contribution in [3.63, 3.8) is 0 Å². The van der Waals surface area contributed by atoms with Crippen molar-refractivity contribution in [1.82, 2.24) is 15.3 Å².